The van der Waals surface area contributed by atoms with E-state index in [1.807, 2.05) is 6.07 Å². The van der Waals surface area contributed by atoms with Crippen LogP contribution in [-0.4, -0.2) is 33.9 Å². The van der Waals surface area contributed by atoms with E-state index in [0.717, 1.165) is 31.5 Å². The molecule has 3 aliphatic rings. The minimum Gasteiger partial charge on any atom is -0.384 e. The second-order valence-electron chi connectivity index (χ2n) is 8.54. The normalized spacial score (nSPS) is 22.1. The number of ketones is 1. The lowest BCUT2D eigenvalue weighted by atomic mass is 9.63. The molecule has 0 amide bonds. The molecule has 4 rings (SSSR count). The third-order valence-electron chi connectivity index (χ3n) is 6.36. The first-order valence-electron chi connectivity index (χ1n) is 9.49. The summed E-state index contributed by atoms with van der Waals surface area (Å²) in [6.07, 6.45) is 6.37. The van der Waals surface area contributed by atoms with Gasteiger partial charge in [-0.25, -0.2) is 4.98 Å². The van der Waals surface area contributed by atoms with Gasteiger partial charge in [-0.15, -0.1) is 0 Å². The van der Waals surface area contributed by atoms with Gasteiger partial charge in [-0.3, -0.25) is 4.79 Å². The van der Waals surface area contributed by atoms with Gasteiger partial charge in [0.1, 0.15) is 17.2 Å². The Labute approximate surface area is 154 Å². The molecule has 5 nitrogen and oxygen atoms in total. The van der Waals surface area contributed by atoms with Gasteiger partial charge in [0.15, 0.2) is 5.78 Å². The highest BCUT2D eigenvalue weighted by atomic mass is 16.3. The zero-order valence-electron chi connectivity index (χ0n) is 15.5. The lowest BCUT2D eigenvalue weighted by Gasteiger charge is -2.49. The summed E-state index contributed by atoms with van der Waals surface area (Å²) >= 11 is 0. The Hall–Kier alpha value is -2.19. The number of aliphatic hydroxyl groups is 1. The highest BCUT2D eigenvalue weighted by Crippen LogP contribution is 2.50. The number of piperidine rings is 1. The number of nitrogens with zero attached hydrogens (tertiary/aromatic N) is 3. The summed E-state index contributed by atoms with van der Waals surface area (Å²) in [7, 11) is 0. The lowest BCUT2D eigenvalue weighted by Crippen LogP contribution is -2.44. The Balaban J connectivity index is 1.76. The monoisotopic (exact) mass is 351 g/mol. The number of pyridine rings is 1. The minimum atomic E-state index is -1.06. The summed E-state index contributed by atoms with van der Waals surface area (Å²) in [6.45, 7) is 5.13. The Kier molecular flexibility index (Phi) is 3.92. The predicted molar refractivity (Wildman–Crippen MR) is 97.8 cm³/mol. The van der Waals surface area contributed by atoms with E-state index >= 15 is 0 Å². The molecule has 0 bridgehead atoms. The number of fused-ring (bicyclic) bond motifs is 1. The summed E-state index contributed by atoms with van der Waals surface area (Å²) < 4.78 is 0. The van der Waals surface area contributed by atoms with Crippen molar-refractivity contribution < 1.29 is 9.90 Å². The number of likely N-dealkylation sites (tertiary alicyclic amines) is 1. The van der Waals surface area contributed by atoms with Gasteiger partial charge in [-0.1, -0.05) is 12.5 Å². The summed E-state index contributed by atoms with van der Waals surface area (Å²) in [4.78, 5) is 19.4. The number of hydrogen-bond acceptors (Lipinski definition) is 5. The van der Waals surface area contributed by atoms with Crippen molar-refractivity contribution in [1.29, 1.82) is 5.26 Å². The van der Waals surface area contributed by atoms with Gasteiger partial charge < -0.3 is 10.0 Å². The molecule has 1 saturated carbocycles. The van der Waals surface area contributed by atoms with Gasteiger partial charge in [0.2, 0.25) is 0 Å². The quantitative estimate of drug-likeness (QED) is 0.886. The van der Waals surface area contributed by atoms with E-state index in [0.29, 0.717) is 22.5 Å². The minimum absolute atomic E-state index is 0.128. The lowest BCUT2D eigenvalue weighted by molar-refractivity contribution is -0.114. The first kappa shape index (κ1) is 17.2. The van der Waals surface area contributed by atoms with E-state index in [9.17, 15) is 15.2 Å². The molecule has 1 N–H and O–H groups in total. The van der Waals surface area contributed by atoms with Crippen LogP contribution in [0.1, 0.15) is 62.9 Å². The number of Topliss-reactive ketones (excluding diaryl/α,β-unsaturated/α-hetero) is 1. The van der Waals surface area contributed by atoms with Crippen molar-refractivity contribution in [3.63, 3.8) is 0 Å². The molecule has 1 aromatic heterocycles. The molecule has 2 fully saturated rings. The maximum Gasteiger partial charge on any atom is 0.180 e. The third-order valence-corrected chi connectivity index (χ3v) is 6.36. The average molecular weight is 351 g/mol. The third kappa shape index (κ3) is 2.73. The van der Waals surface area contributed by atoms with Crippen molar-refractivity contribution in [3.05, 3.63) is 34.7 Å². The van der Waals surface area contributed by atoms with Crippen LogP contribution in [0, 0.1) is 16.7 Å². The standard InChI is InChI=1S/C21H25N3O2/c1-20(2,26)17-5-4-14-12-16(25)15(13-22)19(18(14)23-17)24-10-8-21(9-11-24)6-3-7-21/h4-5,26H,3,6-12H2,1-2H3. The molecule has 26 heavy (non-hydrogen) atoms. The second kappa shape index (κ2) is 5.92. The van der Waals surface area contributed by atoms with Crippen LogP contribution in [0.15, 0.2) is 17.7 Å². The summed E-state index contributed by atoms with van der Waals surface area (Å²) in [5.74, 6) is -0.128. The molecule has 1 aliphatic heterocycles. The summed E-state index contributed by atoms with van der Waals surface area (Å²) in [5.41, 5.74) is 2.45. The van der Waals surface area contributed by atoms with Crippen molar-refractivity contribution in [2.45, 2.75) is 58.0 Å². The Morgan fingerprint density at radius 1 is 1.23 bits per heavy atom. The highest BCUT2D eigenvalue weighted by molar-refractivity contribution is 6.09. The van der Waals surface area contributed by atoms with Crippen LogP contribution in [0.3, 0.4) is 0 Å². The molecule has 0 radical (unpaired) electrons. The van der Waals surface area contributed by atoms with Crippen LogP contribution in [0.5, 0.6) is 0 Å². The van der Waals surface area contributed by atoms with Crippen LogP contribution in [0.4, 0.5) is 0 Å². The van der Waals surface area contributed by atoms with Crippen LogP contribution in [0.25, 0.3) is 5.70 Å². The van der Waals surface area contributed by atoms with Gasteiger partial charge in [-0.05, 0) is 56.6 Å². The van der Waals surface area contributed by atoms with Gasteiger partial charge in [0, 0.05) is 19.5 Å². The van der Waals surface area contributed by atoms with E-state index in [-0.39, 0.29) is 17.8 Å². The first-order valence-corrected chi connectivity index (χ1v) is 9.49. The van der Waals surface area contributed by atoms with Gasteiger partial charge in [0.05, 0.1) is 17.1 Å². The Morgan fingerprint density at radius 3 is 2.46 bits per heavy atom. The van der Waals surface area contributed by atoms with Crippen molar-refractivity contribution in [2.24, 2.45) is 5.41 Å². The maximum atomic E-state index is 12.5. The molecule has 2 aliphatic carbocycles. The van der Waals surface area contributed by atoms with Crippen LogP contribution < -0.4 is 0 Å². The fourth-order valence-corrected chi connectivity index (χ4v) is 4.49. The summed E-state index contributed by atoms with van der Waals surface area (Å²) in [6, 6.07) is 5.79. The van der Waals surface area contributed by atoms with E-state index in [1.54, 1.807) is 19.9 Å². The molecule has 0 atom stereocenters. The van der Waals surface area contributed by atoms with Crippen LogP contribution in [0.2, 0.25) is 0 Å². The second-order valence-corrected chi connectivity index (χ2v) is 8.54. The molecule has 1 spiro atoms. The number of rotatable bonds is 2. The van der Waals surface area contributed by atoms with Gasteiger partial charge in [-0.2, -0.15) is 5.26 Å². The molecular formula is C21H25N3O2. The molecule has 0 aromatic carbocycles. The number of carbonyl (C=O) groups excluding carboxylic acids is 1. The van der Waals surface area contributed by atoms with Gasteiger partial charge >= 0.3 is 0 Å². The molecule has 1 aromatic rings. The van der Waals surface area contributed by atoms with Gasteiger partial charge in [0.25, 0.3) is 0 Å². The summed E-state index contributed by atoms with van der Waals surface area (Å²) in [5, 5.41) is 20.0. The van der Waals surface area contributed by atoms with E-state index in [4.69, 9.17) is 4.98 Å². The smallest absolute Gasteiger partial charge is 0.180 e. The van der Waals surface area contributed by atoms with Crippen molar-refractivity contribution >= 4 is 11.5 Å². The van der Waals surface area contributed by atoms with Crippen molar-refractivity contribution in [2.75, 3.05) is 13.1 Å². The molecule has 5 heteroatoms. The van der Waals surface area contributed by atoms with E-state index in [2.05, 4.69) is 11.0 Å². The number of carbonyl (C=O) groups is 1. The molecule has 0 unspecified atom stereocenters. The van der Waals surface area contributed by atoms with Crippen molar-refractivity contribution in [3.8, 4) is 6.07 Å². The fourth-order valence-electron chi connectivity index (χ4n) is 4.49. The fraction of sp³-hybridized carbons (Fsp3) is 0.571. The predicted octanol–water partition coefficient (Wildman–Crippen LogP) is 2.93. The first-order chi connectivity index (χ1) is 12.3. The highest BCUT2D eigenvalue weighted by Gasteiger charge is 2.41. The molecule has 2 heterocycles. The maximum absolute atomic E-state index is 12.5. The number of allylic oxidation sites excluding steroid dienone is 1. The molecular weight excluding hydrogens is 326 g/mol. The zero-order valence-corrected chi connectivity index (χ0v) is 15.5. The number of aromatic nitrogens is 1. The topological polar surface area (TPSA) is 77.2 Å². The van der Waals surface area contributed by atoms with Crippen molar-refractivity contribution in [1.82, 2.24) is 9.88 Å². The molecule has 136 valence electrons. The average Bonchev–Trinajstić information content (AvgIpc) is 2.58. The largest absolute Gasteiger partial charge is 0.384 e. The SMILES string of the molecule is CC(C)(O)c1ccc2c(n1)C(N1CCC3(CCC3)CC1)=C(C#N)C(=O)C2. The molecule has 1 saturated heterocycles. The van der Waals surface area contributed by atoms with Crippen LogP contribution >= 0.6 is 0 Å². The Bertz CT molecular complexity index is 828. The number of nitriles is 1. The number of hydrogen-bond donors (Lipinski definition) is 1. The Morgan fingerprint density at radius 2 is 1.92 bits per heavy atom. The zero-order chi connectivity index (χ0) is 18.5. The van der Waals surface area contributed by atoms with Crippen LogP contribution in [-0.2, 0) is 16.8 Å². The van der Waals surface area contributed by atoms with E-state index in [1.165, 1.54) is 19.3 Å². The van der Waals surface area contributed by atoms with E-state index < -0.39 is 5.60 Å².